The topological polar surface area (TPSA) is 54.3 Å². The average molecular weight is 337 g/mol. The number of hydrogen-bond acceptors (Lipinski definition) is 2. The molecule has 0 saturated heterocycles. The SMILES string of the molecule is CC(C)n1cc(Br)cc1C(=O)Nc1ccc(CO)cc1. The van der Waals surface area contributed by atoms with E-state index in [4.69, 9.17) is 5.11 Å². The molecule has 1 amide bonds. The van der Waals surface area contributed by atoms with E-state index in [2.05, 4.69) is 21.2 Å². The molecular formula is C15H17BrN2O2. The lowest BCUT2D eigenvalue weighted by Crippen LogP contribution is -2.17. The monoisotopic (exact) mass is 336 g/mol. The first kappa shape index (κ1) is 14.8. The van der Waals surface area contributed by atoms with Gasteiger partial charge in [-0.2, -0.15) is 0 Å². The van der Waals surface area contributed by atoms with E-state index in [1.54, 1.807) is 30.3 Å². The highest BCUT2D eigenvalue weighted by Crippen LogP contribution is 2.20. The molecule has 0 atom stereocenters. The van der Waals surface area contributed by atoms with Crippen LogP contribution in [0.1, 0.15) is 35.9 Å². The summed E-state index contributed by atoms with van der Waals surface area (Å²) < 4.78 is 2.80. The van der Waals surface area contributed by atoms with Crippen LogP contribution in [0.25, 0.3) is 0 Å². The van der Waals surface area contributed by atoms with Crippen LogP contribution in [0.15, 0.2) is 41.0 Å². The molecule has 1 aromatic carbocycles. The fourth-order valence-corrected chi connectivity index (χ4v) is 2.38. The van der Waals surface area contributed by atoms with Crippen LogP contribution in [0.2, 0.25) is 0 Å². The highest BCUT2D eigenvalue weighted by atomic mass is 79.9. The van der Waals surface area contributed by atoms with Gasteiger partial charge in [-0.15, -0.1) is 0 Å². The van der Waals surface area contributed by atoms with Gasteiger partial charge in [0.2, 0.25) is 0 Å². The van der Waals surface area contributed by atoms with Crippen molar-refractivity contribution in [2.45, 2.75) is 26.5 Å². The molecule has 0 spiro atoms. The molecule has 5 heteroatoms. The Balaban J connectivity index is 2.19. The fraction of sp³-hybridized carbons (Fsp3) is 0.267. The van der Waals surface area contributed by atoms with Crippen LogP contribution in [0.5, 0.6) is 0 Å². The van der Waals surface area contributed by atoms with Crippen molar-refractivity contribution in [2.75, 3.05) is 5.32 Å². The van der Waals surface area contributed by atoms with Crippen molar-refractivity contribution in [3.8, 4) is 0 Å². The maximum Gasteiger partial charge on any atom is 0.272 e. The number of anilines is 1. The highest BCUT2D eigenvalue weighted by Gasteiger charge is 2.15. The smallest absolute Gasteiger partial charge is 0.272 e. The zero-order chi connectivity index (χ0) is 14.7. The largest absolute Gasteiger partial charge is 0.392 e. The summed E-state index contributed by atoms with van der Waals surface area (Å²) in [7, 11) is 0. The molecule has 20 heavy (non-hydrogen) atoms. The van der Waals surface area contributed by atoms with E-state index in [0.29, 0.717) is 11.4 Å². The molecule has 0 unspecified atom stereocenters. The molecule has 2 aromatic rings. The first-order chi connectivity index (χ1) is 9.51. The summed E-state index contributed by atoms with van der Waals surface area (Å²) >= 11 is 3.40. The fourth-order valence-electron chi connectivity index (χ4n) is 1.94. The minimum atomic E-state index is -0.152. The van der Waals surface area contributed by atoms with E-state index in [-0.39, 0.29) is 18.6 Å². The predicted molar refractivity (Wildman–Crippen MR) is 82.8 cm³/mol. The molecule has 1 heterocycles. The van der Waals surface area contributed by atoms with Gasteiger partial charge in [0.1, 0.15) is 5.69 Å². The Hall–Kier alpha value is -1.59. The number of nitrogens with zero attached hydrogens (tertiary/aromatic N) is 1. The molecule has 106 valence electrons. The van der Waals surface area contributed by atoms with E-state index in [1.807, 2.05) is 24.6 Å². The second kappa shape index (κ2) is 6.24. The minimum Gasteiger partial charge on any atom is -0.392 e. The zero-order valence-electron chi connectivity index (χ0n) is 11.4. The minimum absolute atomic E-state index is 0.00261. The van der Waals surface area contributed by atoms with Gasteiger partial charge in [-0.1, -0.05) is 12.1 Å². The van der Waals surface area contributed by atoms with Gasteiger partial charge in [0.25, 0.3) is 5.91 Å². The van der Waals surface area contributed by atoms with Gasteiger partial charge in [-0.05, 0) is 53.5 Å². The Bertz CT molecular complexity index is 603. The van der Waals surface area contributed by atoms with Crippen molar-refractivity contribution in [1.82, 2.24) is 4.57 Å². The van der Waals surface area contributed by atoms with E-state index >= 15 is 0 Å². The van der Waals surface area contributed by atoms with Gasteiger partial charge in [-0.3, -0.25) is 4.79 Å². The third-order valence-corrected chi connectivity index (χ3v) is 3.43. The first-order valence-corrected chi connectivity index (χ1v) is 7.19. The lowest BCUT2D eigenvalue weighted by atomic mass is 10.2. The molecule has 0 saturated carbocycles. The lowest BCUT2D eigenvalue weighted by Gasteiger charge is -2.12. The lowest BCUT2D eigenvalue weighted by molar-refractivity contribution is 0.101. The molecule has 0 aliphatic rings. The predicted octanol–water partition coefficient (Wildman–Crippen LogP) is 3.58. The van der Waals surface area contributed by atoms with Gasteiger partial charge in [0.05, 0.1) is 6.61 Å². The van der Waals surface area contributed by atoms with Gasteiger partial charge in [0, 0.05) is 22.4 Å². The van der Waals surface area contributed by atoms with Crippen LogP contribution in [0, 0.1) is 0 Å². The molecule has 0 radical (unpaired) electrons. The van der Waals surface area contributed by atoms with E-state index in [0.717, 1.165) is 10.0 Å². The Morgan fingerprint density at radius 2 is 2.00 bits per heavy atom. The number of benzene rings is 1. The van der Waals surface area contributed by atoms with Gasteiger partial charge in [-0.25, -0.2) is 0 Å². The summed E-state index contributed by atoms with van der Waals surface area (Å²) in [5.74, 6) is -0.152. The number of aromatic nitrogens is 1. The summed E-state index contributed by atoms with van der Waals surface area (Å²) in [6.07, 6.45) is 1.90. The molecule has 0 aliphatic heterocycles. The third kappa shape index (κ3) is 3.29. The molecule has 2 rings (SSSR count). The van der Waals surface area contributed by atoms with Crippen LogP contribution in [-0.4, -0.2) is 15.6 Å². The van der Waals surface area contributed by atoms with E-state index in [1.165, 1.54) is 0 Å². The Morgan fingerprint density at radius 3 is 2.55 bits per heavy atom. The van der Waals surface area contributed by atoms with Gasteiger partial charge >= 0.3 is 0 Å². The number of aliphatic hydroxyl groups is 1. The normalized spacial score (nSPS) is 10.8. The van der Waals surface area contributed by atoms with Crippen molar-refractivity contribution in [2.24, 2.45) is 0 Å². The Morgan fingerprint density at radius 1 is 1.35 bits per heavy atom. The molecule has 0 aliphatic carbocycles. The summed E-state index contributed by atoms with van der Waals surface area (Å²) in [5, 5.41) is 11.8. The summed E-state index contributed by atoms with van der Waals surface area (Å²) in [5.41, 5.74) is 2.13. The van der Waals surface area contributed by atoms with Crippen molar-refractivity contribution in [3.05, 3.63) is 52.3 Å². The molecule has 1 aromatic heterocycles. The highest BCUT2D eigenvalue weighted by molar-refractivity contribution is 9.10. The van der Waals surface area contributed by atoms with Crippen LogP contribution >= 0.6 is 15.9 Å². The van der Waals surface area contributed by atoms with Crippen LogP contribution < -0.4 is 5.32 Å². The molecule has 4 nitrogen and oxygen atoms in total. The van der Waals surface area contributed by atoms with E-state index in [9.17, 15) is 4.79 Å². The Kier molecular flexibility index (Phi) is 4.62. The second-order valence-corrected chi connectivity index (χ2v) is 5.77. The molecular weight excluding hydrogens is 320 g/mol. The number of carbonyl (C=O) groups is 1. The second-order valence-electron chi connectivity index (χ2n) is 4.85. The maximum atomic E-state index is 12.3. The number of carbonyl (C=O) groups excluding carboxylic acids is 1. The average Bonchev–Trinajstić information content (AvgIpc) is 2.82. The van der Waals surface area contributed by atoms with Crippen LogP contribution in [-0.2, 0) is 6.61 Å². The number of aliphatic hydroxyl groups excluding tert-OH is 1. The van der Waals surface area contributed by atoms with Crippen molar-refractivity contribution in [3.63, 3.8) is 0 Å². The van der Waals surface area contributed by atoms with Crippen molar-refractivity contribution in [1.29, 1.82) is 0 Å². The van der Waals surface area contributed by atoms with Gasteiger partial charge < -0.3 is 15.0 Å². The number of halogens is 1. The molecule has 0 bridgehead atoms. The zero-order valence-corrected chi connectivity index (χ0v) is 13.0. The number of rotatable bonds is 4. The van der Waals surface area contributed by atoms with Crippen molar-refractivity contribution < 1.29 is 9.90 Å². The number of hydrogen-bond donors (Lipinski definition) is 2. The quantitative estimate of drug-likeness (QED) is 0.896. The third-order valence-electron chi connectivity index (χ3n) is 3.00. The van der Waals surface area contributed by atoms with E-state index < -0.39 is 0 Å². The Labute approximate surface area is 126 Å². The van der Waals surface area contributed by atoms with Crippen LogP contribution in [0.4, 0.5) is 5.69 Å². The number of amides is 1. The van der Waals surface area contributed by atoms with Crippen molar-refractivity contribution >= 4 is 27.5 Å². The maximum absolute atomic E-state index is 12.3. The first-order valence-electron chi connectivity index (χ1n) is 6.39. The van der Waals surface area contributed by atoms with Crippen LogP contribution in [0.3, 0.4) is 0 Å². The molecule has 0 fully saturated rings. The summed E-state index contributed by atoms with van der Waals surface area (Å²) in [6, 6.07) is 9.14. The summed E-state index contributed by atoms with van der Waals surface area (Å²) in [6.45, 7) is 4.05. The standard InChI is InChI=1S/C15H17BrN2O2/c1-10(2)18-8-12(16)7-14(18)15(20)17-13-5-3-11(9-19)4-6-13/h3-8,10,19H,9H2,1-2H3,(H,17,20). The summed E-state index contributed by atoms with van der Waals surface area (Å²) in [4.78, 5) is 12.3. The molecule has 2 N–H and O–H groups in total. The van der Waals surface area contributed by atoms with Gasteiger partial charge in [0.15, 0.2) is 0 Å². The number of nitrogens with one attached hydrogen (secondary N) is 1.